The van der Waals surface area contributed by atoms with Gasteiger partial charge in [-0.3, -0.25) is 0 Å². The average molecular weight is 194 g/mol. The lowest BCUT2D eigenvalue weighted by Crippen LogP contribution is -2.35. The number of nitrogens with zero attached hydrogens (tertiary/aromatic N) is 2. The van der Waals surface area contributed by atoms with Crippen LogP contribution in [0, 0.1) is 0 Å². The summed E-state index contributed by atoms with van der Waals surface area (Å²) in [5.74, 6) is 1.69. The summed E-state index contributed by atoms with van der Waals surface area (Å²) in [6.07, 6.45) is 3.88. The highest BCUT2D eigenvalue weighted by Gasteiger charge is 2.30. The van der Waals surface area contributed by atoms with E-state index >= 15 is 0 Å². The van der Waals surface area contributed by atoms with Crippen LogP contribution in [0.4, 0.5) is 0 Å². The Hall–Kier alpha value is -0.870. The number of nitrogens with one attached hydrogen (secondary N) is 2. The van der Waals surface area contributed by atoms with E-state index in [0.717, 1.165) is 19.6 Å². The van der Waals surface area contributed by atoms with E-state index in [1.807, 2.05) is 12.4 Å². The first-order valence-corrected chi connectivity index (χ1v) is 5.24. The molecule has 1 aromatic rings. The lowest BCUT2D eigenvalue weighted by molar-refractivity contribution is 0.495. The molecule has 1 aliphatic heterocycles. The van der Waals surface area contributed by atoms with Crippen molar-refractivity contribution >= 4 is 0 Å². The van der Waals surface area contributed by atoms with E-state index in [1.54, 1.807) is 0 Å². The molecular weight excluding hydrogens is 176 g/mol. The second kappa shape index (κ2) is 4.11. The molecule has 0 aliphatic carbocycles. The van der Waals surface area contributed by atoms with Gasteiger partial charge in [-0.25, -0.2) is 4.98 Å². The van der Waals surface area contributed by atoms with Gasteiger partial charge in [0.1, 0.15) is 5.82 Å². The predicted octanol–water partition coefficient (Wildman–Crippen LogP) is 0.0850. The van der Waals surface area contributed by atoms with Crippen molar-refractivity contribution in [3.05, 3.63) is 18.2 Å². The van der Waals surface area contributed by atoms with Gasteiger partial charge < -0.3 is 15.2 Å². The molecule has 2 rings (SSSR count). The number of hydrogen-bond donors (Lipinski definition) is 2. The Morgan fingerprint density at radius 1 is 1.64 bits per heavy atom. The first kappa shape index (κ1) is 9.68. The normalized spacial score (nSPS) is 27.0. The number of likely N-dealkylation sites (N-methyl/N-ethyl adjacent to an activating group) is 1. The molecular formula is C10H18N4. The molecule has 0 bridgehead atoms. The molecule has 1 aliphatic rings. The maximum atomic E-state index is 4.41. The quantitative estimate of drug-likeness (QED) is 0.716. The second-order valence-electron chi connectivity index (χ2n) is 3.83. The molecule has 0 amide bonds. The van der Waals surface area contributed by atoms with Gasteiger partial charge in [-0.05, 0) is 6.54 Å². The van der Waals surface area contributed by atoms with Crippen LogP contribution in [0.5, 0.6) is 0 Å². The molecule has 78 valence electrons. The Labute approximate surface area is 84.7 Å². The highest BCUT2D eigenvalue weighted by Crippen LogP contribution is 2.20. The largest absolute Gasteiger partial charge is 0.338 e. The second-order valence-corrected chi connectivity index (χ2v) is 3.83. The van der Waals surface area contributed by atoms with Crippen LogP contribution in [0.1, 0.15) is 18.7 Å². The SMILES string of the molecule is CCNC1CNCC1c1nccn1C. The Morgan fingerprint density at radius 2 is 2.50 bits per heavy atom. The lowest BCUT2D eigenvalue weighted by Gasteiger charge is -2.18. The van der Waals surface area contributed by atoms with E-state index in [2.05, 4.69) is 34.2 Å². The van der Waals surface area contributed by atoms with E-state index < -0.39 is 0 Å². The van der Waals surface area contributed by atoms with Crippen molar-refractivity contribution in [1.82, 2.24) is 20.2 Å². The van der Waals surface area contributed by atoms with E-state index in [1.165, 1.54) is 5.82 Å². The summed E-state index contributed by atoms with van der Waals surface area (Å²) >= 11 is 0. The molecule has 1 fully saturated rings. The third kappa shape index (κ3) is 1.67. The molecule has 2 N–H and O–H groups in total. The van der Waals surface area contributed by atoms with E-state index in [9.17, 15) is 0 Å². The zero-order chi connectivity index (χ0) is 9.97. The van der Waals surface area contributed by atoms with Crippen LogP contribution < -0.4 is 10.6 Å². The minimum absolute atomic E-state index is 0.509. The first-order chi connectivity index (χ1) is 6.83. The summed E-state index contributed by atoms with van der Waals surface area (Å²) in [5, 5.41) is 6.90. The molecule has 1 aromatic heterocycles. The highest BCUT2D eigenvalue weighted by atomic mass is 15.1. The van der Waals surface area contributed by atoms with Crippen molar-refractivity contribution in [3.63, 3.8) is 0 Å². The van der Waals surface area contributed by atoms with Crippen molar-refractivity contribution in [2.75, 3.05) is 19.6 Å². The molecule has 1 saturated heterocycles. The van der Waals surface area contributed by atoms with Gasteiger partial charge >= 0.3 is 0 Å². The zero-order valence-electron chi connectivity index (χ0n) is 8.83. The van der Waals surface area contributed by atoms with E-state index in [4.69, 9.17) is 0 Å². The summed E-state index contributed by atoms with van der Waals surface area (Å²) in [7, 11) is 2.06. The van der Waals surface area contributed by atoms with Crippen molar-refractivity contribution in [1.29, 1.82) is 0 Å². The molecule has 0 spiro atoms. The summed E-state index contributed by atoms with van der Waals surface area (Å²) in [6.45, 7) is 5.24. The molecule has 2 unspecified atom stereocenters. The van der Waals surface area contributed by atoms with Crippen LogP contribution >= 0.6 is 0 Å². The van der Waals surface area contributed by atoms with Crippen molar-refractivity contribution < 1.29 is 0 Å². The van der Waals surface area contributed by atoms with Crippen LogP contribution in [0.15, 0.2) is 12.4 Å². The van der Waals surface area contributed by atoms with Gasteiger partial charge in [0.2, 0.25) is 0 Å². The van der Waals surface area contributed by atoms with Crippen LogP contribution in [-0.2, 0) is 7.05 Å². The van der Waals surface area contributed by atoms with Crippen molar-refractivity contribution in [2.24, 2.45) is 7.05 Å². The topological polar surface area (TPSA) is 41.9 Å². The smallest absolute Gasteiger partial charge is 0.114 e. The third-order valence-corrected chi connectivity index (χ3v) is 2.87. The Bertz CT molecular complexity index is 294. The summed E-state index contributed by atoms with van der Waals surface area (Å²) in [5.41, 5.74) is 0. The van der Waals surface area contributed by atoms with Crippen LogP contribution in [-0.4, -0.2) is 35.2 Å². The number of aromatic nitrogens is 2. The van der Waals surface area contributed by atoms with Crippen molar-refractivity contribution in [2.45, 2.75) is 18.9 Å². The van der Waals surface area contributed by atoms with Crippen LogP contribution in [0.25, 0.3) is 0 Å². The van der Waals surface area contributed by atoms with Gasteiger partial charge in [-0.2, -0.15) is 0 Å². The van der Waals surface area contributed by atoms with Gasteiger partial charge in [0.25, 0.3) is 0 Å². The molecule has 14 heavy (non-hydrogen) atoms. The molecule has 0 aromatic carbocycles. The fourth-order valence-corrected chi connectivity index (χ4v) is 2.16. The maximum Gasteiger partial charge on any atom is 0.114 e. The molecule has 2 heterocycles. The average Bonchev–Trinajstić information content (AvgIpc) is 2.74. The third-order valence-electron chi connectivity index (χ3n) is 2.87. The Morgan fingerprint density at radius 3 is 3.14 bits per heavy atom. The van der Waals surface area contributed by atoms with E-state index in [-0.39, 0.29) is 0 Å². The standard InChI is InChI=1S/C10H18N4/c1-3-12-9-7-11-6-8(9)10-13-4-5-14(10)2/h4-5,8-9,11-12H,3,6-7H2,1-2H3. The van der Waals surface area contributed by atoms with Crippen molar-refractivity contribution in [3.8, 4) is 0 Å². The fourth-order valence-electron chi connectivity index (χ4n) is 2.16. The minimum atomic E-state index is 0.509. The molecule has 0 radical (unpaired) electrons. The first-order valence-electron chi connectivity index (χ1n) is 5.24. The molecule has 4 nitrogen and oxygen atoms in total. The number of hydrogen-bond acceptors (Lipinski definition) is 3. The van der Waals surface area contributed by atoms with Gasteiger partial charge in [0.05, 0.1) is 0 Å². The Kier molecular flexibility index (Phi) is 2.84. The van der Waals surface area contributed by atoms with Gasteiger partial charge in [-0.1, -0.05) is 6.92 Å². The number of imidazole rings is 1. The molecule has 0 saturated carbocycles. The van der Waals surface area contributed by atoms with Gasteiger partial charge in [0, 0.05) is 44.5 Å². The number of rotatable bonds is 3. The van der Waals surface area contributed by atoms with E-state index in [0.29, 0.717) is 12.0 Å². The monoisotopic (exact) mass is 194 g/mol. The summed E-state index contributed by atoms with van der Waals surface area (Å²) < 4.78 is 2.11. The fraction of sp³-hybridized carbons (Fsp3) is 0.700. The van der Waals surface area contributed by atoms with Crippen LogP contribution in [0.2, 0.25) is 0 Å². The zero-order valence-corrected chi connectivity index (χ0v) is 8.83. The van der Waals surface area contributed by atoms with Crippen LogP contribution in [0.3, 0.4) is 0 Å². The maximum absolute atomic E-state index is 4.41. The minimum Gasteiger partial charge on any atom is -0.338 e. The molecule has 4 heteroatoms. The predicted molar refractivity (Wildman–Crippen MR) is 56.3 cm³/mol. The Balaban J connectivity index is 2.13. The summed E-state index contributed by atoms with van der Waals surface area (Å²) in [6, 6.07) is 0.529. The highest BCUT2D eigenvalue weighted by molar-refractivity contribution is 5.09. The lowest BCUT2D eigenvalue weighted by atomic mass is 10.0. The van der Waals surface area contributed by atoms with Gasteiger partial charge in [0.15, 0.2) is 0 Å². The van der Waals surface area contributed by atoms with Gasteiger partial charge in [-0.15, -0.1) is 0 Å². The molecule has 2 atom stereocenters. The number of aryl methyl sites for hydroxylation is 1. The summed E-state index contributed by atoms with van der Waals surface area (Å²) in [4.78, 5) is 4.41.